The average Bonchev–Trinajstić information content (AvgIpc) is 3.06. The van der Waals surface area contributed by atoms with Gasteiger partial charge in [0.25, 0.3) is 0 Å². The second-order valence-corrected chi connectivity index (χ2v) is 7.81. The minimum atomic E-state index is -0.142. The summed E-state index contributed by atoms with van der Waals surface area (Å²) in [6.07, 6.45) is 9.89. The summed E-state index contributed by atoms with van der Waals surface area (Å²) in [5.41, 5.74) is 0. The molecular weight excluding hydrogens is 244 g/mol. The van der Waals surface area contributed by atoms with Crippen molar-refractivity contribution in [3.05, 3.63) is 0 Å². The molecule has 4 fully saturated rings. The molecule has 0 aromatic carbocycles. The summed E-state index contributed by atoms with van der Waals surface area (Å²) in [6.45, 7) is 0. The summed E-state index contributed by atoms with van der Waals surface area (Å²) in [5.74, 6) is 1.96. The molecule has 4 heteroatoms. The molecule has 3 nitrogen and oxygen atoms in total. The number of hydrogen-bond donors (Lipinski definition) is 1. The molecule has 4 aliphatic rings. The number of fused-ring (bicyclic) bond motifs is 2. The van der Waals surface area contributed by atoms with E-state index in [2.05, 4.69) is 5.32 Å². The van der Waals surface area contributed by atoms with Gasteiger partial charge in [0.2, 0.25) is 5.91 Å². The maximum absolute atomic E-state index is 12.1. The number of rotatable bonds is 1. The molecule has 3 atom stereocenters. The van der Waals surface area contributed by atoms with E-state index < -0.39 is 0 Å². The second kappa shape index (κ2) is 3.99. The highest BCUT2D eigenvalue weighted by atomic mass is 32.2. The molecule has 2 bridgehead atoms. The second-order valence-electron chi connectivity index (χ2n) is 6.43. The van der Waals surface area contributed by atoms with Gasteiger partial charge in [-0.3, -0.25) is 9.79 Å². The Bertz CT molecular complexity index is 414. The molecule has 0 radical (unpaired) electrons. The maximum atomic E-state index is 12.1. The van der Waals surface area contributed by atoms with Gasteiger partial charge in [-0.1, -0.05) is 31.0 Å². The highest BCUT2D eigenvalue weighted by Gasteiger charge is 2.49. The van der Waals surface area contributed by atoms with Crippen LogP contribution in [0.2, 0.25) is 0 Å². The molecule has 98 valence electrons. The van der Waals surface area contributed by atoms with Crippen molar-refractivity contribution in [3.63, 3.8) is 0 Å². The normalized spacial score (nSPS) is 43.2. The van der Waals surface area contributed by atoms with E-state index in [1.54, 1.807) is 11.8 Å². The number of hydrogen-bond acceptors (Lipinski definition) is 3. The number of thioether (sulfide) groups is 1. The van der Waals surface area contributed by atoms with Crippen molar-refractivity contribution in [1.29, 1.82) is 0 Å². The lowest BCUT2D eigenvalue weighted by Crippen LogP contribution is -2.34. The van der Waals surface area contributed by atoms with Gasteiger partial charge in [-0.05, 0) is 43.9 Å². The van der Waals surface area contributed by atoms with Crippen LogP contribution in [0.1, 0.15) is 51.4 Å². The van der Waals surface area contributed by atoms with Crippen LogP contribution < -0.4 is 5.32 Å². The van der Waals surface area contributed by atoms with Crippen LogP contribution in [0.15, 0.2) is 4.99 Å². The van der Waals surface area contributed by atoms with Gasteiger partial charge in [-0.25, -0.2) is 0 Å². The van der Waals surface area contributed by atoms with E-state index in [0.29, 0.717) is 6.04 Å². The number of carbonyl (C=O) groups excluding carboxylic acids is 1. The first-order valence-corrected chi connectivity index (χ1v) is 8.15. The lowest BCUT2D eigenvalue weighted by Gasteiger charge is -2.18. The van der Waals surface area contributed by atoms with Crippen LogP contribution in [-0.2, 0) is 4.79 Å². The van der Waals surface area contributed by atoms with Gasteiger partial charge in [0.1, 0.15) is 4.75 Å². The van der Waals surface area contributed by atoms with E-state index in [1.165, 1.54) is 38.5 Å². The molecule has 1 saturated heterocycles. The van der Waals surface area contributed by atoms with Crippen LogP contribution in [0, 0.1) is 11.8 Å². The Morgan fingerprint density at radius 2 is 2.06 bits per heavy atom. The Labute approximate surface area is 112 Å². The number of amides is 1. The Morgan fingerprint density at radius 3 is 2.72 bits per heavy atom. The molecule has 1 N–H and O–H groups in total. The van der Waals surface area contributed by atoms with Crippen LogP contribution in [0.25, 0.3) is 0 Å². The molecular formula is C14H20N2OS. The fourth-order valence-corrected chi connectivity index (χ4v) is 5.66. The minimum Gasteiger partial charge on any atom is -0.304 e. The van der Waals surface area contributed by atoms with Crippen molar-refractivity contribution in [3.8, 4) is 0 Å². The maximum Gasteiger partial charge on any atom is 0.242 e. The fourth-order valence-electron chi connectivity index (χ4n) is 4.32. The largest absolute Gasteiger partial charge is 0.304 e. The molecule has 3 aliphatic carbocycles. The molecule has 4 rings (SSSR count). The first kappa shape index (κ1) is 11.3. The molecule has 1 aliphatic heterocycles. The third kappa shape index (κ3) is 1.64. The summed E-state index contributed by atoms with van der Waals surface area (Å²) in [4.78, 5) is 17.0. The van der Waals surface area contributed by atoms with E-state index >= 15 is 0 Å². The van der Waals surface area contributed by atoms with E-state index in [-0.39, 0.29) is 10.7 Å². The van der Waals surface area contributed by atoms with Crippen LogP contribution in [0.5, 0.6) is 0 Å². The third-order valence-corrected chi connectivity index (χ3v) is 6.71. The highest BCUT2D eigenvalue weighted by Crippen LogP contribution is 2.48. The van der Waals surface area contributed by atoms with E-state index in [4.69, 9.17) is 4.99 Å². The van der Waals surface area contributed by atoms with Gasteiger partial charge in [0.15, 0.2) is 5.17 Å². The zero-order chi connectivity index (χ0) is 12.2. The monoisotopic (exact) mass is 264 g/mol. The third-order valence-electron chi connectivity index (χ3n) is 5.32. The average molecular weight is 264 g/mol. The van der Waals surface area contributed by atoms with Gasteiger partial charge in [0.05, 0.1) is 6.04 Å². The smallest absolute Gasteiger partial charge is 0.242 e. The topological polar surface area (TPSA) is 41.5 Å². The Hall–Kier alpha value is -0.510. The number of carbonyl (C=O) groups is 1. The van der Waals surface area contributed by atoms with Crippen LogP contribution in [-0.4, -0.2) is 21.9 Å². The van der Waals surface area contributed by atoms with E-state index in [9.17, 15) is 4.79 Å². The van der Waals surface area contributed by atoms with Gasteiger partial charge in [-0.15, -0.1) is 0 Å². The molecule has 0 unspecified atom stereocenters. The molecule has 0 aromatic heterocycles. The van der Waals surface area contributed by atoms with Gasteiger partial charge in [-0.2, -0.15) is 0 Å². The van der Waals surface area contributed by atoms with Crippen LogP contribution in [0.3, 0.4) is 0 Å². The molecule has 1 heterocycles. The number of nitrogens with one attached hydrogen (secondary N) is 1. The first-order valence-electron chi connectivity index (χ1n) is 7.33. The first-order chi connectivity index (χ1) is 8.75. The highest BCUT2D eigenvalue weighted by molar-refractivity contribution is 8.16. The zero-order valence-corrected chi connectivity index (χ0v) is 11.5. The molecule has 0 aromatic rings. The standard InChI is InChI=1S/C14H20N2OS/c17-12-14(5-1-2-6-14)18-13(16-12)15-11-8-9-3-4-10(11)7-9/h9-11H,1-8H2,(H,15,16,17)/t9-,10-,11-/m1/s1. The molecule has 1 amide bonds. The van der Waals surface area contributed by atoms with Crippen LogP contribution in [0.4, 0.5) is 0 Å². The summed E-state index contributed by atoms with van der Waals surface area (Å²) in [6, 6.07) is 0.503. The Morgan fingerprint density at radius 1 is 1.22 bits per heavy atom. The Balaban J connectivity index is 1.51. The van der Waals surface area contributed by atoms with Crippen molar-refractivity contribution in [2.75, 3.05) is 0 Å². The van der Waals surface area contributed by atoms with Crippen LogP contribution >= 0.6 is 11.8 Å². The predicted octanol–water partition coefficient (Wildman–Crippen LogP) is 2.71. The summed E-state index contributed by atoms with van der Waals surface area (Å²) in [7, 11) is 0. The van der Waals surface area contributed by atoms with Gasteiger partial charge in [0, 0.05) is 0 Å². The Kier molecular flexibility index (Phi) is 2.51. The van der Waals surface area contributed by atoms with Crippen molar-refractivity contribution in [1.82, 2.24) is 5.32 Å². The SMILES string of the molecule is O=C1NC(=N[C@@H]2C[C@@H]3CC[C@@H]2C3)SC12CCCC2. The zero-order valence-electron chi connectivity index (χ0n) is 10.7. The summed E-state index contributed by atoms with van der Waals surface area (Å²) < 4.78 is -0.142. The minimum absolute atomic E-state index is 0.142. The molecule has 18 heavy (non-hydrogen) atoms. The van der Waals surface area contributed by atoms with Crippen molar-refractivity contribution >= 4 is 22.8 Å². The fraction of sp³-hybridized carbons (Fsp3) is 0.857. The van der Waals surface area contributed by atoms with E-state index in [1.807, 2.05) is 0 Å². The molecule has 1 spiro atoms. The lowest BCUT2D eigenvalue weighted by atomic mass is 9.96. The van der Waals surface area contributed by atoms with E-state index in [0.717, 1.165) is 29.8 Å². The number of amidine groups is 1. The summed E-state index contributed by atoms with van der Waals surface area (Å²) >= 11 is 1.73. The van der Waals surface area contributed by atoms with Crippen molar-refractivity contribution < 1.29 is 4.79 Å². The quantitative estimate of drug-likeness (QED) is 0.791. The number of aliphatic imine (C=N–C) groups is 1. The number of nitrogens with zero attached hydrogens (tertiary/aromatic N) is 1. The van der Waals surface area contributed by atoms with Gasteiger partial charge >= 0.3 is 0 Å². The molecule has 3 saturated carbocycles. The lowest BCUT2D eigenvalue weighted by molar-refractivity contribution is -0.121. The van der Waals surface area contributed by atoms with Crippen molar-refractivity contribution in [2.24, 2.45) is 16.8 Å². The van der Waals surface area contributed by atoms with Crippen molar-refractivity contribution in [2.45, 2.75) is 62.2 Å². The predicted molar refractivity (Wildman–Crippen MR) is 73.6 cm³/mol. The summed E-state index contributed by atoms with van der Waals surface area (Å²) in [5, 5.41) is 3.98. The van der Waals surface area contributed by atoms with Gasteiger partial charge < -0.3 is 5.32 Å².